The number of methoxy groups -OCH3 is 4. The van der Waals surface area contributed by atoms with Crippen LogP contribution >= 0.6 is 0 Å². The van der Waals surface area contributed by atoms with Crippen molar-refractivity contribution in [2.45, 2.75) is 279 Å². The Hall–Kier alpha value is -11.1. The predicted molar refractivity (Wildman–Crippen MR) is 576 cm³/mol. The Morgan fingerprint density at radius 3 is 0.624 bits per heavy atom. The van der Waals surface area contributed by atoms with Crippen molar-refractivity contribution in [3.8, 4) is 125 Å². The summed E-state index contributed by atoms with van der Waals surface area (Å²) < 4.78 is 79.1. The second-order valence-corrected chi connectivity index (χ2v) is 39.2. The summed E-state index contributed by atoms with van der Waals surface area (Å²) in [7, 11) is 6.69. The van der Waals surface area contributed by atoms with E-state index in [1.165, 1.54) is 0 Å². The highest BCUT2D eigenvalue weighted by Crippen LogP contribution is 2.56. The molecule has 10 aromatic carbocycles. The first kappa shape index (κ1) is 110. The largest absolute Gasteiger partial charge is 0.851 e. The Morgan fingerprint density at radius 2 is 0.454 bits per heavy atom. The number of anilines is 6. The Kier molecular flexibility index (Phi) is 41.7. The van der Waals surface area contributed by atoms with E-state index in [0.717, 1.165) is 192 Å². The number of aryl methyl sites for hydroxylation is 4. The molecule has 0 amide bonds. The maximum absolute atomic E-state index is 16.2. The van der Waals surface area contributed by atoms with Gasteiger partial charge in [0.1, 0.15) is 80.5 Å². The van der Waals surface area contributed by atoms with E-state index in [-0.39, 0.29) is 17.1 Å². The number of hydrogen-bond donors (Lipinski definition) is 2. The van der Waals surface area contributed by atoms with Gasteiger partial charge < -0.3 is 87.1 Å². The number of aromatic hydroxyl groups is 2. The molecule has 10 aromatic rings. The van der Waals surface area contributed by atoms with Gasteiger partial charge in [-0.3, -0.25) is 0 Å². The molecule has 1 saturated carbocycles. The van der Waals surface area contributed by atoms with Crippen LogP contribution in [0.3, 0.4) is 0 Å². The van der Waals surface area contributed by atoms with Gasteiger partial charge in [-0.25, -0.2) is 0 Å². The van der Waals surface area contributed by atoms with Crippen LogP contribution in [0.1, 0.15) is 272 Å². The smallest absolute Gasteiger partial charge is 0.134 e. The molecule has 18 heteroatoms. The minimum absolute atomic E-state index is 0.129. The number of benzene rings is 10. The standard InChI is InChI=1S/C123H166N2O16/c1-26-81(27-2)69-134-108-61-95(130-22)62-109(135-70-82(28-3)29-4)116(108)89-43-51-102(77(18)55-89)124(103-52-44-90(56-78(103)19)117-110(136-71-83(30-5)31-6)63-96(131-23)64-111(117)137-72-84(32-7)33-8)93-47-49-100(106(126)59-93)120-99(42-17)122(128)121(123(120)129)101-50-48-94(60-107(101)127)125(104-53-45-91(57-79(104)20)118-112(138-73-85(34-9)35-10)65-97(132-24)66-113(118)139-74-86(36-11)37-12)105-54-46-92(58-80(105)21)119-114(140-75-87(38-13)39-14)67-98(133-25)68-115(119)141-76-88(40-15)41-16/h43-68,81-88,99,120-123,126-127H,26-42,69-76H2,1-25H3/q-2/t99?,120-,121?,122-,123?/m0/s1. The molecule has 3 unspecified atom stereocenters. The van der Waals surface area contributed by atoms with Crippen molar-refractivity contribution in [1.29, 1.82) is 0 Å². The minimum atomic E-state index is -1.60. The van der Waals surface area contributed by atoms with Crippen molar-refractivity contribution >= 4 is 34.1 Å². The van der Waals surface area contributed by atoms with E-state index in [2.05, 4.69) is 221 Å². The van der Waals surface area contributed by atoms with E-state index in [0.29, 0.717) is 193 Å². The Balaban J connectivity index is 1.06. The molecule has 1 fully saturated rings. The molecule has 0 radical (unpaired) electrons. The SMILES string of the molecule is CCC(CC)COc1cc(OC)cc(OCC(CC)CC)c1-c1ccc(N(c2ccc(C3C([O-])[C@H](c4ccc(N(c5ccc(-c6c(OCC(CC)CC)cc(OC)cc6OCC(CC)CC)cc5C)c5ccc(-c6c(OCC(CC)CC)cc(OC)cc6OCC(CC)CC)cc5C)cc4O)C(CC)[C@@H]3[O-])c(O)c2)c2ccc(-c3c(OCC(CC)CC)cc(OC)cc3OCC(CC)CC)cc2C)c(C)c1. The highest BCUT2D eigenvalue weighted by molar-refractivity contribution is 5.90. The quantitative estimate of drug-likeness (QED) is 0.0364. The number of phenolic OH excluding ortho intramolecular Hbond substituents is 2. The number of nitrogens with zero attached hydrogens (tertiary/aromatic N) is 2. The van der Waals surface area contributed by atoms with Crippen LogP contribution in [0.2, 0.25) is 0 Å². The number of ether oxygens (including phenoxy) is 12. The molecular weight excluding hydrogens is 1760 g/mol. The maximum Gasteiger partial charge on any atom is 0.134 e. The molecule has 0 spiro atoms. The molecule has 0 heterocycles. The Labute approximate surface area is 845 Å². The van der Waals surface area contributed by atoms with Crippen molar-refractivity contribution < 1.29 is 77.3 Å². The minimum Gasteiger partial charge on any atom is -0.851 e. The third-order valence-electron chi connectivity index (χ3n) is 30.7. The van der Waals surface area contributed by atoms with Gasteiger partial charge in [-0.2, -0.15) is 0 Å². The molecule has 18 nitrogen and oxygen atoms in total. The number of rotatable bonds is 57. The van der Waals surface area contributed by atoms with Crippen LogP contribution in [0.4, 0.5) is 34.1 Å². The molecule has 2 N–H and O–H groups in total. The van der Waals surface area contributed by atoms with Crippen LogP contribution in [-0.2, 0) is 0 Å². The molecule has 5 atom stereocenters. The average molecular weight is 1930 g/mol. The Bertz CT molecular complexity index is 5190. The maximum atomic E-state index is 16.2. The van der Waals surface area contributed by atoms with E-state index < -0.39 is 30.0 Å². The van der Waals surface area contributed by atoms with Gasteiger partial charge in [-0.05, 0) is 209 Å². The van der Waals surface area contributed by atoms with Crippen LogP contribution in [0.25, 0.3) is 44.5 Å². The van der Waals surface area contributed by atoms with Gasteiger partial charge in [0.15, 0.2) is 0 Å². The summed E-state index contributed by atoms with van der Waals surface area (Å²) in [5, 5.41) is 58.3. The molecule has 1 aliphatic rings. The second-order valence-electron chi connectivity index (χ2n) is 39.2. The molecule has 0 saturated heterocycles. The number of phenols is 2. The zero-order valence-corrected chi connectivity index (χ0v) is 89.7. The van der Waals surface area contributed by atoms with Crippen LogP contribution in [0, 0.1) is 81.0 Å². The fraction of sp³-hybridized carbons (Fsp3) is 0.512. The fourth-order valence-electron chi connectivity index (χ4n) is 20.0. The lowest BCUT2D eigenvalue weighted by molar-refractivity contribution is -0.456. The van der Waals surface area contributed by atoms with Crippen LogP contribution in [-0.4, -0.2) is 104 Å². The van der Waals surface area contributed by atoms with E-state index in [4.69, 9.17) is 56.8 Å². The van der Waals surface area contributed by atoms with E-state index in [1.807, 2.05) is 73.7 Å². The summed E-state index contributed by atoms with van der Waals surface area (Å²) in [5.74, 6) is 7.20. The van der Waals surface area contributed by atoms with Gasteiger partial charge in [0, 0.05) is 94.8 Å². The normalized spacial score (nSPS) is 14.8. The molecule has 0 bridgehead atoms. The lowest BCUT2D eigenvalue weighted by atomic mass is 9.84. The summed E-state index contributed by atoms with van der Waals surface area (Å²) in [4.78, 5) is 4.31. The molecular formula is C123H166N2O16-2. The third kappa shape index (κ3) is 26.3. The van der Waals surface area contributed by atoms with Gasteiger partial charge in [0.25, 0.3) is 0 Å². The summed E-state index contributed by atoms with van der Waals surface area (Å²) in [6.45, 7) is 49.6. The number of hydrogen-bond acceptors (Lipinski definition) is 18. The predicted octanol–water partition coefficient (Wildman–Crippen LogP) is 30.9. The van der Waals surface area contributed by atoms with Crippen molar-refractivity contribution in [3.05, 3.63) is 191 Å². The van der Waals surface area contributed by atoms with Crippen molar-refractivity contribution in [3.63, 3.8) is 0 Å². The van der Waals surface area contributed by atoms with Crippen molar-refractivity contribution in [2.24, 2.45) is 53.3 Å². The molecule has 1 aliphatic carbocycles. The van der Waals surface area contributed by atoms with Crippen molar-refractivity contribution in [1.82, 2.24) is 0 Å². The lowest BCUT2D eigenvalue weighted by Gasteiger charge is -2.36. The van der Waals surface area contributed by atoms with Gasteiger partial charge >= 0.3 is 0 Å². The topological polar surface area (TPSA) is 204 Å². The zero-order valence-electron chi connectivity index (χ0n) is 89.7. The van der Waals surface area contributed by atoms with Gasteiger partial charge in [0.05, 0.1) is 104 Å². The summed E-state index contributed by atoms with van der Waals surface area (Å²) in [6.07, 6.45) is 12.6. The van der Waals surface area contributed by atoms with Gasteiger partial charge in [0.2, 0.25) is 0 Å². The van der Waals surface area contributed by atoms with Crippen molar-refractivity contribution in [2.75, 3.05) is 91.1 Å². The van der Waals surface area contributed by atoms with Gasteiger partial charge in [-0.15, -0.1) is 12.2 Å². The fourth-order valence-corrected chi connectivity index (χ4v) is 20.0. The molecule has 0 aromatic heterocycles. The highest BCUT2D eigenvalue weighted by atomic mass is 16.5. The third-order valence-corrected chi connectivity index (χ3v) is 30.7. The molecule has 0 aliphatic heterocycles. The monoisotopic (exact) mass is 1930 g/mol. The first-order valence-electron chi connectivity index (χ1n) is 53.2. The Morgan fingerprint density at radius 1 is 0.255 bits per heavy atom. The van der Waals surface area contributed by atoms with Crippen LogP contribution in [0.5, 0.6) is 80.5 Å². The molecule has 11 rings (SSSR count). The molecule has 141 heavy (non-hydrogen) atoms. The average Bonchev–Trinajstić information content (AvgIpc) is 1.74. The first-order valence-corrected chi connectivity index (χ1v) is 53.2. The molecule has 766 valence electrons. The second kappa shape index (κ2) is 53.3. The van der Waals surface area contributed by atoms with Crippen LogP contribution < -0.4 is 76.9 Å². The first-order chi connectivity index (χ1) is 68.2. The van der Waals surface area contributed by atoms with Crippen LogP contribution in [0.15, 0.2) is 158 Å². The highest BCUT2D eigenvalue weighted by Gasteiger charge is 2.43. The summed E-state index contributed by atoms with van der Waals surface area (Å²) >= 11 is 0. The van der Waals surface area contributed by atoms with Gasteiger partial charge in [-0.1, -0.05) is 263 Å². The van der Waals surface area contributed by atoms with E-state index in [1.54, 1.807) is 46.6 Å². The lowest BCUT2D eigenvalue weighted by Crippen LogP contribution is -2.39. The van der Waals surface area contributed by atoms with E-state index >= 15 is 10.2 Å². The zero-order chi connectivity index (χ0) is 102. The summed E-state index contributed by atoms with van der Waals surface area (Å²) in [5.41, 5.74) is 15.4. The summed E-state index contributed by atoms with van der Waals surface area (Å²) in [6, 6.07) is 52.2. The van der Waals surface area contributed by atoms with E-state index in [9.17, 15) is 10.2 Å².